The summed E-state index contributed by atoms with van der Waals surface area (Å²) < 4.78 is 11.6. The molecule has 144 valence electrons. The normalized spacial score (nSPS) is 10.3. The van der Waals surface area contributed by atoms with Gasteiger partial charge in [-0.25, -0.2) is 4.79 Å². The largest absolute Gasteiger partial charge is 0.490 e. The molecular weight excluding hydrogens is 440 g/mol. The van der Waals surface area contributed by atoms with Gasteiger partial charge in [-0.2, -0.15) is 0 Å². The Balaban J connectivity index is 2.17. The van der Waals surface area contributed by atoms with Gasteiger partial charge in [0.05, 0.1) is 21.7 Å². The molecule has 2 rings (SSSR count). The number of hydrogen-bond donors (Lipinski definition) is 3. The van der Waals surface area contributed by atoms with E-state index < -0.39 is 11.9 Å². The van der Waals surface area contributed by atoms with Crippen molar-refractivity contribution < 1.29 is 24.2 Å². The molecule has 0 saturated heterocycles. The molecule has 4 N–H and O–H groups in total. The van der Waals surface area contributed by atoms with E-state index >= 15 is 0 Å². The smallest absolute Gasteiger partial charge is 0.337 e. The number of carboxylic acids is 1. The summed E-state index contributed by atoms with van der Waals surface area (Å²) in [5.74, 6) is -0.794. The maximum atomic E-state index is 11.0. The fourth-order valence-electron chi connectivity index (χ4n) is 2.27. The van der Waals surface area contributed by atoms with Crippen molar-refractivity contribution in [2.45, 2.75) is 13.5 Å². The van der Waals surface area contributed by atoms with Crippen LogP contribution in [0.3, 0.4) is 0 Å². The number of halogens is 2. The van der Waals surface area contributed by atoms with Crippen LogP contribution in [0.15, 0.2) is 34.8 Å². The zero-order valence-corrected chi connectivity index (χ0v) is 16.8. The van der Waals surface area contributed by atoms with E-state index in [0.717, 1.165) is 5.56 Å². The summed E-state index contributed by atoms with van der Waals surface area (Å²) in [7, 11) is 0. The highest BCUT2D eigenvalue weighted by Gasteiger charge is 2.14. The predicted octanol–water partition coefficient (Wildman–Crippen LogP) is 3.68. The van der Waals surface area contributed by atoms with Gasteiger partial charge < -0.3 is 25.6 Å². The van der Waals surface area contributed by atoms with Gasteiger partial charge in [-0.3, -0.25) is 4.79 Å². The van der Waals surface area contributed by atoms with E-state index in [4.69, 9.17) is 31.9 Å². The minimum atomic E-state index is -1.08. The summed E-state index contributed by atoms with van der Waals surface area (Å²) in [6, 6.07) is 8.23. The Kier molecular flexibility index (Phi) is 7.32. The van der Waals surface area contributed by atoms with Gasteiger partial charge in [0.25, 0.3) is 5.91 Å². The Hall–Kier alpha value is -2.45. The van der Waals surface area contributed by atoms with Crippen molar-refractivity contribution in [1.29, 1.82) is 0 Å². The third kappa shape index (κ3) is 5.77. The number of carbonyl (C=O) groups excluding carboxylic acids is 1. The number of aromatic carboxylic acids is 1. The molecule has 2 aromatic carbocycles. The molecule has 7 nitrogen and oxygen atoms in total. The quantitative estimate of drug-likeness (QED) is 0.530. The number of primary amides is 1. The van der Waals surface area contributed by atoms with Gasteiger partial charge in [-0.15, -0.1) is 0 Å². The van der Waals surface area contributed by atoms with Crippen LogP contribution in [0, 0.1) is 0 Å². The fraction of sp³-hybridized carbons (Fsp3) is 0.222. The first-order chi connectivity index (χ1) is 12.8. The second-order valence-electron chi connectivity index (χ2n) is 5.45. The molecule has 0 aliphatic rings. The first-order valence-electron chi connectivity index (χ1n) is 7.94. The lowest BCUT2D eigenvalue weighted by molar-refractivity contribution is -0.119. The molecular formula is C18H18BrClN2O5. The van der Waals surface area contributed by atoms with Gasteiger partial charge in [0.1, 0.15) is 0 Å². The van der Waals surface area contributed by atoms with Crippen molar-refractivity contribution in [2.75, 3.05) is 18.5 Å². The molecule has 0 heterocycles. The van der Waals surface area contributed by atoms with Crippen molar-refractivity contribution in [2.24, 2.45) is 5.73 Å². The van der Waals surface area contributed by atoms with Crippen LogP contribution in [0.25, 0.3) is 0 Å². The molecule has 0 aliphatic heterocycles. The van der Waals surface area contributed by atoms with Crippen molar-refractivity contribution in [1.82, 2.24) is 0 Å². The third-order valence-corrected chi connectivity index (χ3v) is 4.33. The molecule has 0 atom stereocenters. The van der Waals surface area contributed by atoms with Crippen molar-refractivity contribution in [3.8, 4) is 11.5 Å². The molecule has 0 radical (unpaired) electrons. The summed E-state index contributed by atoms with van der Waals surface area (Å²) in [5, 5.41) is 12.3. The molecule has 0 aromatic heterocycles. The van der Waals surface area contributed by atoms with Crippen LogP contribution >= 0.6 is 27.5 Å². The molecule has 0 saturated carbocycles. The number of rotatable bonds is 9. The number of anilines is 1. The monoisotopic (exact) mass is 456 g/mol. The van der Waals surface area contributed by atoms with Crippen LogP contribution in [0.1, 0.15) is 22.8 Å². The summed E-state index contributed by atoms with van der Waals surface area (Å²) in [6.45, 7) is 2.42. The Morgan fingerprint density at radius 3 is 2.59 bits per heavy atom. The van der Waals surface area contributed by atoms with E-state index in [-0.39, 0.29) is 17.2 Å². The maximum Gasteiger partial charge on any atom is 0.337 e. The van der Waals surface area contributed by atoms with E-state index in [1.165, 1.54) is 6.07 Å². The number of amides is 1. The van der Waals surface area contributed by atoms with E-state index in [1.807, 2.05) is 13.0 Å². The summed E-state index contributed by atoms with van der Waals surface area (Å²) in [4.78, 5) is 22.0. The molecule has 9 heteroatoms. The number of nitrogens with two attached hydrogens (primary N) is 1. The third-order valence-electron chi connectivity index (χ3n) is 3.42. The number of nitrogens with one attached hydrogen (secondary N) is 1. The molecule has 0 fully saturated rings. The van der Waals surface area contributed by atoms with Crippen LogP contribution in [-0.2, 0) is 11.3 Å². The second kappa shape index (κ2) is 9.48. The Bertz CT molecular complexity index is 860. The SMILES string of the molecule is CCOc1cc(CNc2ccc(C(=O)O)c(Cl)c2)cc(Br)c1OCC(N)=O. The zero-order valence-electron chi connectivity index (χ0n) is 14.4. The summed E-state index contributed by atoms with van der Waals surface area (Å²) >= 11 is 9.39. The number of carbonyl (C=O) groups is 2. The van der Waals surface area contributed by atoms with Gasteiger partial charge in [0, 0.05) is 12.2 Å². The summed E-state index contributed by atoms with van der Waals surface area (Å²) in [6.07, 6.45) is 0. The lowest BCUT2D eigenvalue weighted by atomic mass is 10.1. The highest BCUT2D eigenvalue weighted by Crippen LogP contribution is 2.37. The van der Waals surface area contributed by atoms with Crippen LogP contribution in [-0.4, -0.2) is 30.2 Å². The Morgan fingerprint density at radius 2 is 2.00 bits per heavy atom. The van der Waals surface area contributed by atoms with Crippen LogP contribution in [0.5, 0.6) is 11.5 Å². The molecule has 2 aromatic rings. The lowest BCUT2D eigenvalue weighted by Crippen LogP contribution is -2.20. The van der Waals surface area contributed by atoms with E-state index in [1.54, 1.807) is 18.2 Å². The molecule has 1 amide bonds. The molecule has 0 bridgehead atoms. The second-order valence-corrected chi connectivity index (χ2v) is 6.71. The maximum absolute atomic E-state index is 11.0. The van der Waals surface area contributed by atoms with Gasteiger partial charge in [-0.05, 0) is 58.7 Å². The molecule has 0 spiro atoms. The predicted molar refractivity (Wildman–Crippen MR) is 106 cm³/mol. The average Bonchev–Trinajstić information content (AvgIpc) is 2.59. The number of carboxylic acid groups (broad SMARTS) is 1. The van der Waals surface area contributed by atoms with E-state index in [9.17, 15) is 9.59 Å². The lowest BCUT2D eigenvalue weighted by Gasteiger charge is -2.15. The van der Waals surface area contributed by atoms with Crippen LogP contribution in [0.2, 0.25) is 5.02 Å². The van der Waals surface area contributed by atoms with Gasteiger partial charge in [0.15, 0.2) is 18.1 Å². The summed E-state index contributed by atoms with van der Waals surface area (Å²) in [5.41, 5.74) is 6.71. The van der Waals surface area contributed by atoms with Crippen molar-refractivity contribution in [3.05, 3.63) is 51.0 Å². The van der Waals surface area contributed by atoms with Gasteiger partial charge in [-0.1, -0.05) is 11.6 Å². The minimum Gasteiger partial charge on any atom is -0.490 e. The first kappa shape index (κ1) is 20.9. The molecule has 27 heavy (non-hydrogen) atoms. The molecule has 0 unspecified atom stereocenters. The van der Waals surface area contributed by atoms with Gasteiger partial charge in [0.2, 0.25) is 0 Å². The van der Waals surface area contributed by atoms with Crippen LogP contribution < -0.4 is 20.5 Å². The topological polar surface area (TPSA) is 111 Å². The Labute approximate surface area is 169 Å². The Morgan fingerprint density at radius 1 is 1.26 bits per heavy atom. The number of benzene rings is 2. The highest BCUT2D eigenvalue weighted by molar-refractivity contribution is 9.10. The van der Waals surface area contributed by atoms with E-state index in [2.05, 4.69) is 21.2 Å². The van der Waals surface area contributed by atoms with Crippen LogP contribution in [0.4, 0.5) is 5.69 Å². The number of ether oxygens (including phenoxy) is 2. The minimum absolute atomic E-state index is 0.0412. The van der Waals surface area contributed by atoms with E-state index in [0.29, 0.717) is 34.8 Å². The molecule has 0 aliphatic carbocycles. The number of hydrogen-bond acceptors (Lipinski definition) is 5. The average molecular weight is 458 g/mol. The fourth-order valence-corrected chi connectivity index (χ4v) is 3.14. The zero-order chi connectivity index (χ0) is 20.0. The highest BCUT2D eigenvalue weighted by atomic mass is 79.9. The van der Waals surface area contributed by atoms with Crippen molar-refractivity contribution in [3.63, 3.8) is 0 Å². The van der Waals surface area contributed by atoms with Gasteiger partial charge >= 0.3 is 5.97 Å². The first-order valence-corrected chi connectivity index (χ1v) is 9.12. The standard InChI is InChI=1S/C18H18BrClN2O5/c1-2-26-15-6-10(5-13(19)17(15)27-9-16(21)23)8-22-11-3-4-12(18(24)25)14(20)7-11/h3-7,22H,2,8-9H2,1H3,(H2,21,23)(H,24,25). The van der Waals surface area contributed by atoms with Crippen molar-refractivity contribution >= 4 is 45.1 Å².